The molecule has 0 bridgehead atoms. The van der Waals surface area contributed by atoms with E-state index in [-0.39, 0.29) is 5.78 Å². The van der Waals surface area contributed by atoms with Crippen LogP contribution in [-0.2, 0) is 0 Å². The van der Waals surface area contributed by atoms with Gasteiger partial charge >= 0.3 is 0 Å². The van der Waals surface area contributed by atoms with Crippen LogP contribution in [0.4, 0.5) is 0 Å². The van der Waals surface area contributed by atoms with Crippen molar-refractivity contribution in [3.63, 3.8) is 0 Å². The highest BCUT2D eigenvalue weighted by Crippen LogP contribution is 2.34. The summed E-state index contributed by atoms with van der Waals surface area (Å²) in [4.78, 5) is 16.5. The number of hydrogen-bond acceptors (Lipinski definition) is 5. The van der Waals surface area contributed by atoms with E-state index < -0.39 is 0 Å². The lowest BCUT2D eigenvalue weighted by Crippen LogP contribution is -1.93. The molecule has 0 aliphatic rings. The number of ether oxygens (including phenoxy) is 2. The van der Waals surface area contributed by atoms with Crippen molar-refractivity contribution in [2.24, 2.45) is 0 Å². The van der Waals surface area contributed by atoms with E-state index in [1.54, 1.807) is 14.2 Å². The Morgan fingerprint density at radius 2 is 1.00 bits per heavy atom. The minimum absolute atomic E-state index is 0.0644. The Morgan fingerprint density at radius 1 is 0.607 bits per heavy atom. The average Bonchev–Trinajstić information content (AvgIpc) is 3.44. The number of benzene rings is 2. The summed E-state index contributed by atoms with van der Waals surface area (Å²) < 4.78 is 10.4. The van der Waals surface area contributed by atoms with Crippen LogP contribution in [0.3, 0.4) is 0 Å². The quantitative estimate of drug-likeness (QED) is 0.348. The first-order valence-electron chi connectivity index (χ1n) is 8.71. The van der Waals surface area contributed by atoms with Gasteiger partial charge in [-0.1, -0.05) is 0 Å². The topological polar surface area (TPSA) is 35.5 Å². The summed E-state index contributed by atoms with van der Waals surface area (Å²) in [7, 11) is 3.30. The van der Waals surface area contributed by atoms with Crippen LogP contribution >= 0.6 is 22.7 Å². The van der Waals surface area contributed by atoms with Crippen molar-refractivity contribution in [3.8, 4) is 32.4 Å². The van der Waals surface area contributed by atoms with E-state index in [2.05, 4.69) is 0 Å². The molecular weight excluding hydrogens is 388 g/mol. The number of carbonyl (C=O) groups excluding carboxylic acids is 1. The van der Waals surface area contributed by atoms with Crippen LogP contribution in [-0.4, -0.2) is 20.0 Å². The van der Waals surface area contributed by atoms with Crippen LogP contribution in [0.15, 0.2) is 72.8 Å². The highest BCUT2D eigenvalue weighted by molar-refractivity contribution is 7.20. The Bertz CT molecular complexity index is 1000. The molecule has 2 aromatic heterocycles. The summed E-state index contributed by atoms with van der Waals surface area (Å²) in [5.41, 5.74) is 2.16. The van der Waals surface area contributed by atoms with E-state index in [1.165, 1.54) is 22.7 Å². The van der Waals surface area contributed by atoms with Gasteiger partial charge < -0.3 is 9.47 Å². The van der Waals surface area contributed by atoms with Gasteiger partial charge in [0.2, 0.25) is 5.78 Å². The monoisotopic (exact) mass is 406 g/mol. The molecule has 2 heterocycles. The molecule has 0 N–H and O–H groups in total. The van der Waals surface area contributed by atoms with E-state index in [9.17, 15) is 4.79 Å². The minimum Gasteiger partial charge on any atom is -0.497 e. The number of methoxy groups -OCH3 is 2. The number of thiophene rings is 2. The Morgan fingerprint density at radius 3 is 1.36 bits per heavy atom. The predicted molar refractivity (Wildman–Crippen MR) is 116 cm³/mol. The van der Waals surface area contributed by atoms with E-state index in [1.807, 2.05) is 72.8 Å². The standard InChI is InChI=1S/C23H18O3S2/c1-25-17-7-3-15(4-8-17)19-11-13-21(27-19)23(24)22-14-12-20(28-22)16-5-9-18(26-2)10-6-16/h3-14H,1-2H3. The zero-order valence-electron chi connectivity index (χ0n) is 15.5. The lowest BCUT2D eigenvalue weighted by Gasteiger charge is -2.01. The fourth-order valence-electron chi connectivity index (χ4n) is 2.86. The first-order chi connectivity index (χ1) is 13.7. The first-order valence-corrected chi connectivity index (χ1v) is 10.3. The molecule has 0 amide bonds. The fourth-order valence-corrected chi connectivity index (χ4v) is 4.86. The molecule has 0 radical (unpaired) electrons. The van der Waals surface area contributed by atoms with Gasteiger partial charge in [0.15, 0.2) is 0 Å². The zero-order valence-corrected chi connectivity index (χ0v) is 17.1. The van der Waals surface area contributed by atoms with Gasteiger partial charge in [-0.25, -0.2) is 0 Å². The molecule has 0 fully saturated rings. The molecule has 5 heteroatoms. The molecule has 140 valence electrons. The molecule has 0 atom stereocenters. The summed E-state index contributed by atoms with van der Waals surface area (Å²) in [6.07, 6.45) is 0. The molecule has 3 nitrogen and oxygen atoms in total. The van der Waals surface area contributed by atoms with Gasteiger partial charge in [-0.3, -0.25) is 4.79 Å². The van der Waals surface area contributed by atoms with Gasteiger partial charge in [0.25, 0.3) is 0 Å². The molecule has 0 spiro atoms. The number of rotatable bonds is 6. The van der Waals surface area contributed by atoms with Gasteiger partial charge in [0.1, 0.15) is 11.5 Å². The number of hydrogen-bond donors (Lipinski definition) is 0. The smallest absolute Gasteiger partial charge is 0.212 e. The summed E-state index contributed by atoms with van der Waals surface area (Å²) in [6.45, 7) is 0. The largest absolute Gasteiger partial charge is 0.497 e. The molecule has 2 aromatic carbocycles. The van der Waals surface area contributed by atoms with Gasteiger partial charge in [-0.05, 0) is 83.9 Å². The fraction of sp³-hybridized carbons (Fsp3) is 0.0870. The van der Waals surface area contributed by atoms with Crippen molar-refractivity contribution in [2.75, 3.05) is 14.2 Å². The van der Waals surface area contributed by atoms with Crippen molar-refractivity contribution in [1.82, 2.24) is 0 Å². The highest BCUT2D eigenvalue weighted by Gasteiger charge is 2.15. The summed E-state index contributed by atoms with van der Waals surface area (Å²) in [6, 6.07) is 23.5. The maximum absolute atomic E-state index is 12.9. The minimum atomic E-state index is 0.0644. The Labute approximate surface area is 171 Å². The second-order valence-electron chi connectivity index (χ2n) is 6.11. The SMILES string of the molecule is COc1ccc(-c2ccc(C(=O)c3ccc(-c4ccc(OC)cc4)s3)s2)cc1. The Hall–Kier alpha value is -2.89. The lowest BCUT2D eigenvalue weighted by molar-refractivity contribution is 0.104. The third kappa shape index (κ3) is 3.72. The van der Waals surface area contributed by atoms with Crippen LogP contribution in [0.5, 0.6) is 11.5 Å². The molecule has 0 aliphatic carbocycles. The van der Waals surface area contributed by atoms with Crippen molar-refractivity contribution in [2.45, 2.75) is 0 Å². The molecule has 0 saturated heterocycles. The zero-order chi connectivity index (χ0) is 19.5. The van der Waals surface area contributed by atoms with Crippen molar-refractivity contribution in [1.29, 1.82) is 0 Å². The van der Waals surface area contributed by atoms with E-state index in [0.717, 1.165) is 42.1 Å². The van der Waals surface area contributed by atoms with Crippen LogP contribution in [0.2, 0.25) is 0 Å². The number of ketones is 1. The average molecular weight is 407 g/mol. The van der Waals surface area contributed by atoms with E-state index in [0.29, 0.717) is 0 Å². The molecular formula is C23H18O3S2. The summed E-state index contributed by atoms with van der Waals surface area (Å²) in [5.74, 6) is 1.71. The maximum atomic E-state index is 12.9. The molecule has 4 aromatic rings. The second-order valence-corrected chi connectivity index (χ2v) is 8.28. The van der Waals surface area contributed by atoms with Gasteiger partial charge in [-0.15, -0.1) is 22.7 Å². The van der Waals surface area contributed by atoms with Crippen LogP contribution in [0, 0.1) is 0 Å². The summed E-state index contributed by atoms with van der Waals surface area (Å²) >= 11 is 3.02. The first kappa shape index (κ1) is 18.5. The van der Waals surface area contributed by atoms with E-state index >= 15 is 0 Å². The van der Waals surface area contributed by atoms with Crippen LogP contribution in [0.25, 0.3) is 20.9 Å². The number of carbonyl (C=O) groups is 1. The Kier molecular flexibility index (Phi) is 5.28. The molecule has 4 rings (SSSR count). The third-order valence-electron chi connectivity index (χ3n) is 4.41. The van der Waals surface area contributed by atoms with Crippen LogP contribution < -0.4 is 9.47 Å². The predicted octanol–water partition coefficient (Wildman–Crippen LogP) is 6.39. The maximum Gasteiger partial charge on any atom is 0.212 e. The van der Waals surface area contributed by atoms with Gasteiger partial charge in [-0.2, -0.15) is 0 Å². The van der Waals surface area contributed by atoms with Gasteiger partial charge in [0, 0.05) is 9.75 Å². The van der Waals surface area contributed by atoms with Crippen molar-refractivity contribution in [3.05, 3.63) is 82.6 Å². The molecule has 0 saturated carbocycles. The highest BCUT2D eigenvalue weighted by atomic mass is 32.1. The Balaban J connectivity index is 1.55. The third-order valence-corrected chi connectivity index (χ3v) is 6.67. The molecule has 28 heavy (non-hydrogen) atoms. The summed E-state index contributed by atoms with van der Waals surface area (Å²) in [5, 5.41) is 0. The normalized spacial score (nSPS) is 10.6. The van der Waals surface area contributed by atoms with Crippen molar-refractivity contribution >= 4 is 28.5 Å². The van der Waals surface area contributed by atoms with E-state index in [4.69, 9.17) is 9.47 Å². The second kappa shape index (κ2) is 8.00. The van der Waals surface area contributed by atoms with Gasteiger partial charge in [0.05, 0.1) is 24.0 Å². The molecule has 0 aliphatic heterocycles. The van der Waals surface area contributed by atoms with Crippen LogP contribution in [0.1, 0.15) is 14.5 Å². The van der Waals surface area contributed by atoms with Crippen molar-refractivity contribution < 1.29 is 14.3 Å². The lowest BCUT2D eigenvalue weighted by atomic mass is 10.2. The molecule has 0 unspecified atom stereocenters.